The van der Waals surface area contributed by atoms with Gasteiger partial charge in [-0.3, -0.25) is 4.90 Å². The monoisotopic (exact) mass is 264 g/mol. The summed E-state index contributed by atoms with van der Waals surface area (Å²) in [4.78, 5) is 13.8. The molecular weight excluding hydrogens is 244 g/mol. The Morgan fingerprint density at radius 2 is 2.12 bits per heavy atom. The maximum atomic E-state index is 12.0. The van der Waals surface area contributed by atoms with Crippen LogP contribution in [0, 0.1) is 0 Å². The van der Waals surface area contributed by atoms with Gasteiger partial charge < -0.3 is 14.8 Å². The number of rotatable bonds is 0. The minimum atomic E-state index is -0.434. The van der Waals surface area contributed by atoms with Crippen LogP contribution in [0.5, 0.6) is 0 Å². The predicted octanol–water partition coefficient (Wildman–Crippen LogP) is 1.02. The number of nitrogens with one attached hydrogen (secondary N) is 1. The van der Waals surface area contributed by atoms with Crippen LogP contribution in [0.2, 0.25) is 0 Å². The maximum Gasteiger partial charge on any atom is 0.410 e. The van der Waals surface area contributed by atoms with Crippen LogP contribution < -0.4 is 5.32 Å². The molecule has 0 aliphatic carbocycles. The lowest BCUT2D eigenvalue weighted by Gasteiger charge is -2.37. The summed E-state index contributed by atoms with van der Waals surface area (Å²) in [6.45, 7) is 8.49. The van der Waals surface area contributed by atoms with Crippen LogP contribution in [0.1, 0.15) is 20.8 Å². The summed E-state index contributed by atoms with van der Waals surface area (Å²) in [5.41, 5.74) is -0.434. The molecule has 17 heavy (non-hydrogen) atoms. The van der Waals surface area contributed by atoms with Gasteiger partial charge in [-0.15, -0.1) is 12.4 Å². The van der Waals surface area contributed by atoms with Crippen LogP contribution in [-0.2, 0) is 9.47 Å². The Hall–Kier alpha value is -0.520. The number of carbonyl (C=O) groups excluding carboxylic acids is 1. The number of hydrogen-bond acceptors (Lipinski definition) is 4. The van der Waals surface area contributed by atoms with E-state index < -0.39 is 5.60 Å². The molecule has 2 rings (SSSR count). The van der Waals surface area contributed by atoms with Gasteiger partial charge in [0.05, 0.1) is 18.8 Å². The van der Waals surface area contributed by atoms with Gasteiger partial charge in [0.1, 0.15) is 5.60 Å². The van der Waals surface area contributed by atoms with E-state index >= 15 is 0 Å². The summed E-state index contributed by atoms with van der Waals surface area (Å²) in [5.74, 6) is 0. The Balaban J connectivity index is 0.00000144. The summed E-state index contributed by atoms with van der Waals surface area (Å²) in [6, 6.07) is 0.128. The van der Waals surface area contributed by atoms with Crippen molar-refractivity contribution in [1.29, 1.82) is 0 Å². The lowest BCUT2D eigenvalue weighted by Crippen LogP contribution is -2.54. The topological polar surface area (TPSA) is 50.8 Å². The molecule has 2 atom stereocenters. The van der Waals surface area contributed by atoms with E-state index in [1.165, 1.54) is 0 Å². The first-order valence-electron chi connectivity index (χ1n) is 5.79. The van der Waals surface area contributed by atoms with Crippen molar-refractivity contribution in [3.05, 3.63) is 0 Å². The molecule has 6 heteroatoms. The van der Waals surface area contributed by atoms with Crippen molar-refractivity contribution in [2.75, 3.05) is 26.2 Å². The minimum Gasteiger partial charge on any atom is -0.444 e. The molecule has 0 aromatic rings. The minimum absolute atomic E-state index is 0. The van der Waals surface area contributed by atoms with Gasteiger partial charge in [-0.2, -0.15) is 0 Å². The normalized spacial score (nSPS) is 28.3. The molecule has 1 N–H and O–H groups in total. The molecule has 5 nitrogen and oxygen atoms in total. The van der Waals surface area contributed by atoms with Gasteiger partial charge in [-0.05, 0) is 20.8 Å². The number of amides is 1. The fourth-order valence-electron chi connectivity index (χ4n) is 2.14. The van der Waals surface area contributed by atoms with E-state index in [4.69, 9.17) is 9.47 Å². The number of carbonyl (C=O) groups is 1. The number of halogens is 1. The van der Waals surface area contributed by atoms with Gasteiger partial charge in [0.2, 0.25) is 0 Å². The summed E-state index contributed by atoms with van der Waals surface area (Å²) in [6.07, 6.45) is -0.101. The van der Waals surface area contributed by atoms with Gasteiger partial charge in [-0.25, -0.2) is 4.79 Å². The first kappa shape index (κ1) is 14.5. The second-order valence-electron chi connectivity index (χ2n) is 5.31. The second-order valence-corrected chi connectivity index (χ2v) is 5.31. The molecular formula is C11H21ClN2O3. The highest BCUT2D eigenvalue weighted by Gasteiger charge is 2.39. The molecule has 1 amide bonds. The molecule has 100 valence electrons. The molecule has 0 aromatic heterocycles. The van der Waals surface area contributed by atoms with E-state index in [2.05, 4.69) is 5.32 Å². The van der Waals surface area contributed by atoms with E-state index in [9.17, 15) is 4.79 Å². The molecule has 2 aliphatic heterocycles. The SMILES string of the molecule is CC(C)(C)OC(=O)N1CCO[C@H]2CNC[C@H]21.Cl. The molecule has 0 aromatic carbocycles. The molecule has 0 spiro atoms. The molecule has 2 aliphatic rings. The molecule has 0 bridgehead atoms. The standard InChI is InChI=1S/C11H20N2O3.ClH/c1-11(2,3)16-10(14)13-4-5-15-9-7-12-6-8(9)13;/h8-9,12H,4-7H2,1-3H3;1H/t8-,9+;/m1./s1. The van der Waals surface area contributed by atoms with E-state index in [0.29, 0.717) is 13.2 Å². The number of ether oxygens (including phenoxy) is 2. The van der Waals surface area contributed by atoms with Crippen LogP contribution in [0.15, 0.2) is 0 Å². The molecule has 2 heterocycles. The fraction of sp³-hybridized carbons (Fsp3) is 0.909. The van der Waals surface area contributed by atoms with Gasteiger partial charge in [0.15, 0.2) is 0 Å². The average Bonchev–Trinajstić information content (AvgIpc) is 2.61. The van der Waals surface area contributed by atoms with Crippen molar-refractivity contribution in [3.63, 3.8) is 0 Å². The first-order valence-corrected chi connectivity index (χ1v) is 5.79. The summed E-state index contributed by atoms with van der Waals surface area (Å²) in [7, 11) is 0. The van der Waals surface area contributed by atoms with Crippen molar-refractivity contribution < 1.29 is 14.3 Å². The Morgan fingerprint density at radius 1 is 1.41 bits per heavy atom. The third-order valence-corrected chi connectivity index (χ3v) is 2.82. The van der Waals surface area contributed by atoms with Crippen molar-refractivity contribution in [2.24, 2.45) is 0 Å². The predicted molar refractivity (Wildman–Crippen MR) is 66.6 cm³/mol. The van der Waals surface area contributed by atoms with Crippen molar-refractivity contribution in [3.8, 4) is 0 Å². The molecule has 0 radical (unpaired) electrons. The molecule has 2 fully saturated rings. The maximum absolute atomic E-state index is 12.0. The largest absolute Gasteiger partial charge is 0.444 e. The number of morpholine rings is 1. The molecule has 0 saturated carbocycles. The lowest BCUT2D eigenvalue weighted by atomic mass is 10.1. The lowest BCUT2D eigenvalue weighted by molar-refractivity contribution is -0.0567. The highest BCUT2D eigenvalue weighted by Crippen LogP contribution is 2.20. The highest BCUT2D eigenvalue weighted by molar-refractivity contribution is 5.85. The zero-order valence-corrected chi connectivity index (χ0v) is 11.4. The van der Waals surface area contributed by atoms with Crippen LogP contribution in [0.4, 0.5) is 4.79 Å². The third-order valence-electron chi connectivity index (χ3n) is 2.82. The summed E-state index contributed by atoms with van der Waals surface area (Å²) < 4.78 is 11.0. The Kier molecular flexibility index (Phi) is 4.63. The van der Waals surface area contributed by atoms with Crippen LogP contribution in [-0.4, -0.2) is 55.0 Å². The van der Waals surface area contributed by atoms with E-state index in [1.807, 2.05) is 20.8 Å². The van der Waals surface area contributed by atoms with E-state index in [1.54, 1.807) is 4.90 Å². The third kappa shape index (κ3) is 3.47. The smallest absolute Gasteiger partial charge is 0.410 e. The fourth-order valence-corrected chi connectivity index (χ4v) is 2.14. The number of fused-ring (bicyclic) bond motifs is 1. The van der Waals surface area contributed by atoms with Crippen molar-refractivity contribution in [1.82, 2.24) is 10.2 Å². The Bertz CT molecular complexity index is 280. The van der Waals surface area contributed by atoms with E-state index in [-0.39, 0.29) is 30.6 Å². The zero-order valence-electron chi connectivity index (χ0n) is 10.6. The quantitative estimate of drug-likeness (QED) is 0.710. The zero-order chi connectivity index (χ0) is 11.8. The second kappa shape index (κ2) is 5.42. The van der Waals surface area contributed by atoms with Crippen molar-refractivity contribution >= 4 is 18.5 Å². The van der Waals surface area contributed by atoms with Gasteiger partial charge in [0, 0.05) is 19.6 Å². The first-order chi connectivity index (χ1) is 7.47. The Morgan fingerprint density at radius 3 is 2.76 bits per heavy atom. The van der Waals surface area contributed by atoms with Crippen molar-refractivity contribution in [2.45, 2.75) is 38.5 Å². The van der Waals surface area contributed by atoms with Crippen LogP contribution in [0.3, 0.4) is 0 Å². The Labute approximate surface area is 108 Å². The highest BCUT2D eigenvalue weighted by atomic mass is 35.5. The van der Waals surface area contributed by atoms with E-state index in [0.717, 1.165) is 13.1 Å². The summed E-state index contributed by atoms with van der Waals surface area (Å²) >= 11 is 0. The molecule has 2 saturated heterocycles. The number of nitrogens with zero attached hydrogens (tertiary/aromatic N) is 1. The van der Waals surface area contributed by atoms with Gasteiger partial charge in [0.25, 0.3) is 0 Å². The van der Waals surface area contributed by atoms with Gasteiger partial charge in [-0.1, -0.05) is 0 Å². The van der Waals surface area contributed by atoms with Crippen LogP contribution >= 0.6 is 12.4 Å². The molecule has 0 unspecified atom stereocenters. The van der Waals surface area contributed by atoms with Crippen LogP contribution in [0.25, 0.3) is 0 Å². The average molecular weight is 265 g/mol. The summed E-state index contributed by atoms with van der Waals surface area (Å²) in [5, 5.41) is 3.24. The van der Waals surface area contributed by atoms with Gasteiger partial charge >= 0.3 is 6.09 Å². The number of hydrogen-bond donors (Lipinski definition) is 1.